The minimum atomic E-state index is -1.02. The molecule has 0 bridgehead atoms. The summed E-state index contributed by atoms with van der Waals surface area (Å²) in [6.45, 7) is 5.10. The second kappa shape index (κ2) is 21.2. The molecule has 1 aliphatic carbocycles. The minimum absolute atomic E-state index is 0.00347. The molecule has 294 valence electrons. The Morgan fingerprint density at radius 1 is 0.704 bits per heavy atom. The lowest BCUT2D eigenvalue weighted by atomic mass is 9.99. The molecule has 2 aliphatic rings. The molecule has 2 aromatic rings. The molecule has 1 saturated carbocycles. The van der Waals surface area contributed by atoms with E-state index in [9.17, 15) is 28.8 Å². The number of benzene rings is 2. The number of carbonyl (C=O) groups is 6. The third kappa shape index (κ3) is 13.5. The van der Waals surface area contributed by atoms with Crippen molar-refractivity contribution in [1.29, 1.82) is 0 Å². The summed E-state index contributed by atoms with van der Waals surface area (Å²) >= 11 is 0. The normalized spacial score (nSPS) is 16.5. The lowest BCUT2D eigenvalue weighted by molar-refractivity contribution is -0.149. The zero-order valence-corrected chi connectivity index (χ0v) is 31.6. The molecule has 4 rings (SSSR count). The Balaban J connectivity index is 1.42. The highest BCUT2D eigenvalue weighted by Crippen LogP contribution is 2.19. The summed E-state index contributed by atoms with van der Waals surface area (Å²) in [5.74, 6) is -3.06. The van der Waals surface area contributed by atoms with Crippen molar-refractivity contribution in [3.05, 3.63) is 71.8 Å². The van der Waals surface area contributed by atoms with Crippen molar-refractivity contribution in [1.82, 2.24) is 31.1 Å². The van der Waals surface area contributed by atoms with Crippen molar-refractivity contribution in [2.45, 2.75) is 102 Å². The van der Waals surface area contributed by atoms with Crippen LogP contribution < -0.4 is 32.7 Å². The molecular weight excluding hydrogens is 688 g/mol. The summed E-state index contributed by atoms with van der Waals surface area (Å²) in [7, 11) is 0. The van der Waals surface area contributed by atoms with Crippen LogP contribution >= 0.6 is 0 Å². The first-order valence-corrected chi connectivity index (χ1v) is 19.3. The molecule has 4 atom stereocenters. The highest BCUT2D eigenvalue weighted by Gasteiger charge is 2.35. The van der Waals surface area contributed by atoms with Crippen molar-refractivity contribution in [2.24, 2.45) is 17.4 Å². The Bertz CT molecular complexity index is 1550. The number of rotatable bonds is 19. The maximum atomic E-state index is 14.0. The molecule has 6 amide bonds. The summed E-state index contributed by atoms with van der Waals surface area (Å²) in [5.41, 5.74) is 13.9. The highest BCUT2D eigenvalue weighted by molar-refractivity contribution is 6.35. The van der Waals surface area contributed by atoms with E-state index in [2.05, 4.69) is 21.3 Å². The Hall–Kier alpha value is -4.82. The number of aryl methyl sites for hydroxylation is 1. The van der Waals surface area contributed by atoms with E-state index in [0.29, 0.717) is 38.6 Å². The average Bonchev–Trinajstić information content (AvgIpc) is 4.00. The van der Waals surface area contributed by atoms with Gasteiger partial charge in [0.05, 0.1) is 6.04 Å². The van der Waals surface area contributed by atoms with E-state index in [1.807, 2.05) is 74.5 Å². The first-order chi connectivity index (χ1) is 25.9. The first kappa shape index (κ1) is 41.9. The number of hydrogen-bond donors (Lipinski definition) is 6. The van der Waals surface area contributed by atoms with Crippen LogP contribution in [-0.4, -0.2) is 108 Å². The minimum Gasteiger partial charge on any atom is -0.345 e. The van der Waals surface area contributed by atoms with Crippen LogP contribution in [0.1, 0.15) is 69.9 Å². The molecule has 1 aliphatic heterocycles. The van der Waals surface area contributed by atoms with E-state index in [-0.39, 0.29) is 56.9 Å². The van der Waals surface area contributed by atoms with E-state index in [4.69, 9.17) is 11.5 Å². The smallest absolute Gasteiger partial charge is 0.312 e. The average molecular weight is 747 g/mol. The second-order valence-electron chi connectivity index (χ2n) is 14.8. The Morgan fingerprint density at radius 3 is 1.85 bits per heavy atom. The largest absolute Gasteiger partial charge is 0.345 e. The Morgan fingerprint density at radius 2 is 1.26 bits per heavy atom. The maximum Gasteiger partial charge on any atom is 0.312 e. The molecule has 2 fully saturated rings. The number of nitrogens with zero attached hydrogens (tertiary/aromatic N) is 2. The lowest BCUT2D eigenvalue weighted by Crippen LogP contribution is -2.60. The van der Waals surface area contributed by atoms with Crippen molar-refractivity contribution in [2.75, 3.05) is 32.7 Å². The molecule has 0 radical (unpaired) electrons. The molecule has 14 heteroatoms. The van der Waals surface area contributed by atoms with E-state index >= 15 is 0 Å². The summed E-state index contributed by atoms with van der Waals surface area (Å²) in [5, 5.41) is 11.3. The fourth-order valence-electron chi connectivity index (χ4n) is 6.40. The predicted molar refractivity (Wildman–Crippen MR) is 205 cm³/mol. The summed E-state index contributed by atoms with van der Waals surface area (Å²) < 4.78 is 0. The van der Waals surface area contributed by atoms with Gasteiger partial charge in [0.25, 0.3) is 0 Å². The van der Waals surface area contributed by atoms with Gasteiger partial charge in [0.15, 0.2) is 0 Å². The molecule has 0 spiro atoms. The molecular formula is C40H58N8O6. The Labute approximate surface area is 318 Å². The van der Waals surface area contributed by atoms with Crippen LogP contribution in [0.15, 0.2) is 60.7 Å². The van der Waals surface area contributed by atoms with Crippen molar-refractivity contribution >= 4 is 35.4 Å². The number of piperazine rings is 1. The van der Waals surface area contributed by atoms with Gasteiger partial charge in [-0.15, -0.1) is 0 Å². The number of nitrogens with two attached hydrogens (primary N) is 2. The van der Waals surface area contributed by atoms with Crippen molar-refractivity contribution in [3.63, 3.8) is 0 Å². The molecule has 0 aromatic heterocycles. The Kier molecular flexibility index (Phi) is 16.4. The lowest BCUT2D eigenvalue weighted by Gasteiger charge is -2.36. The molecule has 8 N–H and O–H groups in total. The van der Waals surface area contributed by atoms with Gasteiger partial charge in [0.2, 0.25) is 23.6 Å². The molecule has 2 aromatic carbocycles. The number of unbranched alkanes of at least 4 members (excludes halogenated alkanes) is 1. The number of amides is 6. The van der Waals surface area contributed by atoms with Gasteiger partial charge >= 0.3 is 11.8 Å². The van der Waals surface area contributed by atoms with E-state index in [1.165, 1.54) is 4.90 Å². The second-order valence-corrected chi connectivity index (χ2v) is 14.8. The van der Waals surface area contributed by atoms with Gasteiger partial charge in [-0.1, -0.05) is 74.5 Å². The highest BCUT2D eigenvalue weighted by atomic mass is 16.2. The van der Waals surface area contributed by atoms with Crippen LogP contribution in [0.25, 0.3) is 0 Å². The summed E-state index contributed by atoms with van der Waals surface area (Å²) in [4.78, 5) is 83.1. The van der Waals surface area contributed by atoms with E-state index in [0.717, 1.165) is 24.0 Å². The van der Waals surface area contributed by atoms with Gasteiger partial charge < -0.3 is 42.5 Å². The third-order valence-electron chi connectivity index (χ3n) is 9.73. The quantitative estimate of drug-likeness (QED) is 0.0892. The molecule has 1 saturated heterocycles. The van der Waals surface area contributed by atoms with Crippen LogP contribution in [0.3, 0.4) is 0 Å². The zero-order valence-electron chi connectivity index (χ0n) is 31.6. The van der Waals surface area contributed by atoms with Crippen molar-refractivity contribution < 1.29 is 28.8 Å². The monoisotopic (exact) mass is 746 g/mol. The van der Waals surface area contributed by atoms with Gasteiger partial charge in [-0.25, -0.2) is 0 Å². The van der Waals surface area contributed by atoms with Crippen LogP contribution in [0.5, 0.6) is 0 Å². The third-order valence-corrected chi connectivity index (χ3v) is 9.73. The zero-order chi connectivity index (χ0) is 39.0. The van der Waals surface area contributed by atoms with Crippen LogP contribution in [0.2, 0.25) is 0 Å². The van der Waals surface area contributed by atoms with Crippen LogP contribution in [-0.2, 0) is 41.6 Å². The fraction of sp³-hybridized carbons (Fsp3) is 0.550. The molecule has 14 nitrogen and oxygen atoms in total. The van der Waals surface area contributed by atoms with E-state index < -0.39 is 53.7 Å². The van der Waals surface area contributed by atoms with Crippen LogP contribution in [0, 0.1) is 5.92 Å². The van der Waals surface area contributed by atoms with Gasteiger partial charge in [-0.3, -0.25) is 28.8 Å². The first-order valence-electron chi connectivity index (χ1n) is 19.3. The summed E-state index contributed by atoms with van der Waals surface area (Å²) in [6, 6.07) is 15.3. The predicted octanol–water partition coefficient (Wildman–Crippen LogP) is 0.768. The summed E-state index contributed by atoms with van der Waals surface area (Å²) in [6.07, 6.45) is 4.75. The molecule has 1 heterocycles. The fourth-order valence-corrected chi connectivity index (χ4v) is 6.40. The molecule has 0 unspecified atom stereocenters. The maximum absolute atomic E-state index is 14.0. The van der Waals surface area contributed by atoms with Crippen LogP contribution in [0.4, 0.5) is 0 Å². The van der Waals surface area contributed by atoms with Crippen molar-refractivity contribution in [3.8, 4) is 0 Å². The standard InChI is InChI=1S/C40H58N8O6/c1-27(2)25-33(46-37(51)34(26-29-13-7-4-8-14-29)45-35(49)31(42)19-16-28-11-5-3-6-12-28)36(50)44-32(15-9-10-20-41)39(53)47-21-23-48(24-22-47)40(54)38(52)43-30-17-18-30/h3-8,11-14,27,30-34H,9-10,15-26,41-42H2,1-2H3,(H,43,52)(H,44,50)(H,45,49)(H,46,51)/t31-,32-,33-,34-/m1/s1. The number of nitrogens with one attached hydrogen (secondary N) is 4. The van der Waals surface area contributed by atoms with Gasteiger partial charge in [0.1, 0.15) is 18.1 Å². The van der Waals surface area contributed by atoms with Gasteiger partial charge in [0, 0.05) is 38.6 Å². The van der Waals surface area contributed by atoms with Gasteiger partial charge in [-0.05, 0) is 75.0 Å². The topological polar surface area (TPSA) is 209 Å². The van der Waals surface area contributed by atoms with Gasteiger partial charge in [-0.2, -0.15) is 0 Å². The number of carbonyl (C=O) groups excluding carboxylic acids is 6. The van der Waals surface area contributed by atoms with E-state index in [1.54, 1.807) is 4.90 Å². The SMILES string of the molecule is CC(C)C[C@@H](NC(=O)[C@@H](Cc1ccccc1)NC(=O)[C@H](N)CCc1ccccc1)C(=O)N[C@H](CCCCN)C(=O)N1CCN(C(=O)C(=O)NC2CC2)CC1. The number of hydrogen-bond acceptors (Lipinski definition) is 8. The molecule has 54 heavy (non-hydrogen) atoms.